The van der Waals surface area contributed by atoms with Crippen LogP contribution in [0.1, 0.15) is 24.1 Å². The molecule has 2 aliphatic rings. The quantitative estimate of drug-likeness (QED) is 0.284. The van der Waals surface area contributed by atoms with Crippen LogP contribution in [0, 0.1) is 5.41 Å². The second kappa shape index (κ2) is 9.38. The number of aromatic nitrogens is 1. The first-order valence-corrected chi connectivity index (χ1v) is 10.5. The molecule has 5 N–H and O–H groups in total. The van der Waals surface area contributed by atoms with E-state index in [9.17, 15) is 0 Å². The lowest BCUT2D eigenvalue weighted by Gasteiger charge is -2.34. The molecule has 9 heteroatoms. The third kappa shape index (κ3) is 4.86. The van der Waals surface area contributed by atoms with Crippen molar-refractivity contribution in [2.45, 2.75) is 25.0 Å². The molecule has 2 fully saturated rings. The molecule has 2 atom stereocenters. The Balaban J connectivity index is 1.49. The molecule has 8 nitrogen and oxygen atoms in total. The molecule has 1 aromatic heterocycles. The van der Waals surface area contributed by atoms with E-state index < -0.39 is 0 Å². The summed E-state index contributed by atoms with van der Waals surface area (Å²) >= 11 is 5.17. The number of nitrogens with zero attached hydrogens (tertiary/aromatic N) is 2. The summed E-state index contributed by atoms with van der Waals surface area (Å²) in [6.07, 6.45) is 4.52. The molecule has 158 valence electrons. The molecule has 0 unspecified atom stereocenters. The fourth-order valence-corrected chi connectivity index (χ4v) is 4.00. The maximum absolute atomic E-state index is 8.85. The van der Waals surface area contributed by atoms with Crippen LogP contribution in [0.3, 0.4) is 0 Å². The largest absolute Gasteiger partial charge is 0.395 e. The molecule has 2 aliphatic heterocycles. The molecule has 0 radical (unpaired) electrons. The van der Waals surface area contributed by atoms with Crippen molar-refractivity contribution in [3.63, 3.8) is 0 Å². The standard InChI is InChI=1S/C21H26N6O2S/c22-19(14-3-5-15(6-4-14)25-21(30)24-10-11-28)26-20(18-2-1-9-23-18)27-12-16-7-8-17(13-27)29-16/h1-6,9,16-17,22-23,28H,7-8,10-13H2,(H2,24,25,30)/t16-,17+. The third-order valence-electron chi connectivity index (χ3n) is 5.21. The Kier molecular flexibility index (Phi) is 6.41. The van der Waals surface area contributed by atoms with E-state index in [1.807, 2.05) is 42.6 Å². The van der Waals surface area contributed by atoms with Gasteiger partial charge in [0, 0.05) is 37.1 Å². The lowest BCUT2D eigenvalue weighted by molar-refractivity contribution is -0.0155. The van der Waals surface area contributed by atoms with Crippen LogP contribution in [0.5, 0.6) is 0 Å². The van der Waals surface area contributed by atoms with Gasteiger partial charge >= 0.3 is 0 Å². The van der Waals surface area contributed by atoms with Gasteiger partial charge in [0.05, 0.1) is 24.5 Å². The number of ether oxygens (including phenoxy) is 1. The number of anilines is 1. The number of hydrogen-bond donors (Lipinski definition) is 5. The minimum atomic E-state index is 0.0176. The van der Waals surface area contributed by atoms with Gasteiger partial charge in [-0.15, -0.1) is 0 Å². The van der Waals surface area contributed by atoms with Gasteiger partial charge in [-0.25, -0.2) is 4.99 Å². The normalized spacial score (nSPS) is 20.8. The van der Waals surface area contributed by atoms with Gasteiger partial charge < -0.3 is 30.4 Å². The van der Waals surface area contributed by atoms with Gasteiger partial charge in [-0.1, -0.05) is 0 Å². The highest BCUT2D eigenvalue weighted by Crippen LogP contribution is 2.27. The number of rotatable bonds is 5. The van der Waals surface area contributed by atoms with Gasteiger partial charge in [0.2, 0.25) is 0 Å². The maximum atomic E-state index is 8.85. The predicted octanol–water partition coefficient (Wildman–Crippen LogP) is 1.93. The summed E-state index contributed by atoms with van der Waals surface area (Å²) in [6, 6.07) is 11.3. The molecule has 2 saturated heterocycles. The van der Waals surface area contributed by atoms with Gasteiger partial charge in [0.1, 0.15) is 0 Å². The zero-order chi connectivity index (χ0) is 20.9. The smallest absolute Gasteiger partial charge is 0.170 e. The number of benzene rings is 1. The molecule has 4 rings (SSSR count). The molecular formula is C21H26N6O2S. The molecule has 0 aliphatic carbocycles. The number of aliphatic hydroxyl groups is 1. The fraction of sp³-hybridized carbons (Fsp3) is 0.381. The third-order valence-corrected chi connectivity index (χ3v) is 5.46. The van der Waals surface area contributed by atoms with Gasteiger partial charge in [0.25, 0.3) is 0 Å². The maximum Gasteiger partial charge on any atom is 0.170 e. The van der Waals surface area contributed by atoms with Crippen LogP contribution in [0.15, 0.2) is 47.6 Å². The molecule has 0 amide bonds. The molecule has 0 saturated carbocycles. The Morgan fingerprint density at radius 3 is 2.60 bits per heavy atom. The number of hydrogen-bond acceptors (Lipinski definition) is 4. The Morgan fingerprint density at radius 2 is 1.97 bits per heavy atom. The minimum absolute atomic E-state index is 0.0176. The van der Waals surface area contributed by atoms with Crippen LogP contribution in [0.25, 0.3) is 0 Å². The number of thiocarbonyl (C=S) groups is 1. The number of fused-ring (bicyclic) bond motifs is 2. The Labute approximate surface area is 180 Å². The minimum Gasteiger partial charge on any atom is -0.395 e. The summed E-state index contributed by atoms with van der Waals surface area (Å²) < 4.78 is 5.96. The lowest BCUT2D eigenvalue weighted by atomic mass is 10.2. The van der Waals surface area contributed by atoms with Gasteiger partial charge in [-0.05, 0) is 61.5 Å². The van der Waals surface area contributed by atoms with Crippen molar-refractivity contribution >= 4 is 34.7 Å². The van der Waals surface area contributed by atoms with E-state index in [2.05, 4.69) is 20.5 Å². The van der Waals surface area contributed by atoms with Crippen molar-refractivity contribution in [1.82, 2.24) is 15.2 Å². The number of likely N-dealkylation sites (tertiary alicyclic amines) is 1. The molecule has 30 heavy (non-hydrogen) atoms. The molecule has 2 aromatic rings. The molecule has 0 spiro atoms. The van der Waals surface area contributed by atoms with E-state index >= 15 is 0 Å². The Morgan fingerprint density at radius 1 is 1.23 bits per heavy atom. The summed E-state index contributed by atoms with van der Waals surface area (Å²) in [7, 11) is 0. The first-order chi connectivity index (χ1) is 14.6. The molecule has 2 bridgehead atoms. The second-order valence-corrected chi connectivity index (χ2v) is 7.82. The highest BCUT2D eigenvalue weighted by Gasteiger charge is 2.35. The van der Waals surface area contributed by atoms with Crippen molar-refractivity contribution < 1.29 is 9.84 Å². The number of aliphatic imine (C=N–C) groups is 1. The molecule has 3 heterocycles. The van der Waals surface area contributed by atoms with E-state index in [4.69, 9.17) is 32.5 Å². The summed E-state index contributed by atoms with van der Waals surface area (Å²) in [5.41, 5.74) is 2.43. The number of aromatic amines is 1. The zero-order valence-electron chi connectivity index (χ0n) is 16.6. The van der Waals surface area contributed by atoms with E-state index in [1.54, 1.807) is 0 Å². The summed E-state index contributed by atoms with van der Waals surface area (Å²) in [6.45, 7) is 2.00. The number of morpholine rings is 1. The fourth-order valence-electron chi connectivity index (χ4n) is 3.79. The monoisotopic (exact) mass is 426 g/mol. The Hall–Kier alpha value is -2.75. The van der Waals surface area contributed by atoms with Crippen molar-refractivity contribution in [2.24, 2.45) is 4.99 Å². The lowest BCUT2D eigenvalue weighted by Crippen LogP contribution is -2.46. The van der Waals surface area contributed by atoms with E-state index in [1.165, 1.54) is 0 Å². The van der Waals surface area contributed by atoms with E-state index in [0.29, 0.717) is 11.7 Å². The van der Waals surface area contributed by atoms with Crippen LogP contribution in [-0.4, -0.2) is 70.2 Å². The van der Waals surface area contributed by atoms with E-state index in [-0.39, 0.29) is 24.7 Å². The summed E-state index contributed by atoms with van der Waals surface area (Å²) in [5.74, 6) is 0.979. The topological polar surface area (TPSA) is 109 Å². The van der Waals surface area contributed by atoms with Crippen molar-refractivity contribution in [1.29, 1.82) is 5.41 Å². The van der Waals surface area contributed by atoms with Crippen LogP contribution >= 0.6 is 12.2 Å². The zero-order valence-corrected chi connectivity index (χ0v) is 17.4. The summed E-state index contributed by atoms with van der Waals surface area (Å²) in [4.78, 5) is 10.2. The first kappa shape index (κ1) is 20.5. The van der Waals surface area contributed by atoms with Crippen LogP contribution in [0.4, 0.5) is 5.69 Å². The first-order valence-electron chi connectivity index (χ1n) is 10.1. The van der Waals surface area contributed by atoms with Crippen LogP contribution < -0.4 is 10.6 Å². The van der Waals surface area contributed by atoms with Crippen LogP contribution in [-0.2, 0) is 4.74 Å². The average Bonchev–Trinajstić information content (AvgIpc) is 3.40. The van der Waals surface area contributed by atoms with E-state index in [0.717, 1.165) is 48.7 Å². The van der Waals surface area contributed by atoms with Gasteiger partial charge in [0.15, 0.2) is 16.8 Å². The SMILES string of the molecule is N=C(N=C(c1ccc[nH]1)N1C[C@H]2CC[C@@H](C1)O2)c1ccc(NC(=S)NCCO)cc1. The number of nitrogens with one attached hydrogen (secondary N) is 4. The van der Waals surface area contributed by atoms with Gasteiger partial charge in [-0.3, -0.25) is 5.41 Å². The Bertz CT molecular complexity index is 900. The predicted molar refractivity (Wildman–Crippen MR) is 121 cm³/mol. The van der Waals surface area contributed by atoms with Gasteiger partial charge in [-0.2, -0.15) is 0 Å². The summed E-state index contributed by atoms with van der Waals surface area (Å²) in [5, 5.41) is 23.8. The second-order valence-electron chi connectivity index (χ2n) is 7.41. The highest BCUT2D eigenvalue weighted by atomic mass is 32.1. The van der Waals surface area contributed by atoms with Crippen molar-refractivity contribution in [3.05, 3.63) is 53.9 Å². The molecule has 1 aromatic carbocycles. The molecular weight excluding hydrogens is 400 g/mol. The average molecular weight is 427 g/mol. The number of aliphatic hydroxyl groups excluding tert-OH is 1. The van der Waals surface area contributed by atoms with Crippen LogP contribution in [0.2, 0.25) is 0 Å². The number of amidine groups is 2. The van der Waals surface area contributed by atoms with Crippen molar-refractivity contribution in [3.8, 4) is 0 Å². The van der Waals surface area contributed by atoms with Crippen molar-refractivity contribution in [2.75, 3.05) is 31.6 Å². The number of H-pyrrole nitrogens is 1. The highest BCUT2D eigenvalue weighted by molar-refractivity contribution is 7.80.